The van der Waals surface area contributed by atoms with Crippen LogP contribution in [0.15, 0.2) is 12.1 Å². The summed E-state index contributed by atoms with van der Waals surface area (Å²) in [5, 5.41) is 12.9. The first-order valence-corrected chi connectivity index (χ1v) is 5.44. The number of ether oxygens (including phenoxy) is 1. The first-order chi connectivity index (χ1) is 8.45. The van der Waals surface area contributed by atoms with E-state index < -0.39 is 22.2 Å². The number of non-ortho nitro benzene ring substituents is 1. The molecule has 0 aliphatic heterocycles. The lowest BCUT2D eigenvalue weighted by molar-refractivity contribution is -0.385. The molecule has 0 saturated carbocycles. The van der Waals surface area contributed by atoms with Gasteiger partial charge in [-0.2, -0.15) is 0 Å². The van der Waals surface area contributed by atoms with E-state index in [-0.39, 0.29) is 18.3 Å². The molecule has 1 N–H and O–H groups in total. The van der Waals surface area contributed by atoms with E-state index >= 15 is 0 Å². The van der Waals surface area contributed by atoms with E-state index in [1.807, 2.05) is 6.92 Å². The molecule has 0 aromatic heterocycles. The van der Waals surface area contributed by atoms with Gasteiger partial charge in [0.15, 0.2) is 11.6 Å². The van der Waals surface area contributed by atoms with Gasteiger partial charge < -0.3 is 10.1 Å². The van der Waals surface area contributed by atoms with Gasteiger partial charge in [-0.25, -0.2) is 8.78 Å². The van der Waals surface area contributed by atoms with Gasteiger partial charge in [0, 0.05) is 13.2 Å². The molecule has 0 bridgehead atoms. The summed E-state index contributed by atoms with van der Waals surface area (Å²) in [6.07, 6.45) is -0.219. The molecule has 0 radical (unpaired) electrons. The van der Waals surface area contributed by atoms with Gasteiger partial charge >= 0.3 is 0 Å². The van der Waals surface area contributed by atoms with Crippen LogP contribution in [0.4, 0.5) is 20.2 Å². The number of halogens is 2. The molecule has 1 unspecified atom stereocenters. The second kappa shape index (κ2) is 6.25. The summed E-state index contributed by atoms with van der Waals surface area (Å²) in [7, 11) is 0. The fourth-order valence-corrected chi connectivity index (χ4v) is 1.42. The highest BCUT2D eigenvalue weighted by Gasteiger charge is 2.17. The average Bonchev–Trinajstić information content (AvgIpc) is 2.27. The maximum atomic E-state index is 13.5. The van der Waals surface area contributed by atoms with Crippen LogP contribution in [-0.4, -0.2) is 24.2 Å². The molecule has 0 saturated heterocycles. The van der Waals surface area contributed by atoms with E-state index in [0.29, 0.717) is 18.7 Å². The third kappa shape index (κ3) is 3.63. The predicted octanol–water partition coefficient (Wildman–Crippen LogP) is 2.71. The minimum atomic E-state index is -0.995. The summed E-state index contributed by atoms with van der Waals surface area (Å²) in [6.45, 7) is 4.26. The molecule has 1 aromatic rings. The molecule has 0 spiro atoms. The SMILES string of the molecule is CCOC(C)CNc1c(F)cc([N+](=O)[O-])cc1F. The molecule has 0 aliphatic rings. The molecule has 1 atom stereocenters. The summed E-state index contributed by atoms with van der Waals surface area (Å²) in [5.41, 5.74) is -0.999. The summed E-state index contributed by atoms with van der Waals surface area (Å²) < 4.78 is 32.1. The van der Waals surface area contributed by atoms with Crippen molar-refractivity contribution in [2.45, 2.75) is 20.0 Å². The van der Waals surface area contributed by atoms with Gasteiger partial charge in [-0.1, -0.05) is 0 Å². The zero-order valence-corrected chi connectivity index (χ0v) is 10.1. The third-order valence-electron chi connectivity index (χ3n) is 2.26. The second-order valence-corrected chi connectivity index (χ2v) is 3.69. The van der Waals surface area contributed by atoms with Gasteiger partial charge in [-0.05, 0) is 13.8 Å². The summed E-state index contributed by atoms with van der Waals surface area (Å²) in [4.78, 5) is 9.55. The second-order valence-electron chi connectivity index (χ2n) is 3.69. The lowest BCUT2D eigenvalue weighted by atomic mass is 10.2. The van der Waals surface area contributed by atoms with Crippen LogP contribution < -0.4 is 5.32 Å². The number of hydrogen-bond acceptors (Lipinski definition) is 4. The molecule has 100 valence electrons. The van der Waals surface area contributed by atoms with E-state index in [1.54, 1.807) is 6.92 Å². The number of hydrogen-bond donors (Lipinski definition) is 1. The number of benzene rings is 1. The Kier molecular flexibility index (Phi) is 4.96. The lowest BCUT2D eigenvalue weighted by Crippen LogP contribution is -2.20. The van der Waals surface area contributed by atoms with Crippen molar-refractivity contribution in [1.82, 2.24) is 0 Å². The normalized spacial score (nSPS) is 12.2. The van der Waals surface area contributed by atoms with Crippen molar-refractivity contribution >= 4 is 11.4 Å². The Morgan fingerprint density at radius 2 is 2.00 bits per heavy atom. The Morgan fingerprint density at radius 1 is 1.44 bits per heavy atom. The van der Waals surface area contributed by atoms with Crippen LogP contribution in [0.3, 0.4) is 0 Å². The number of rotatable bonds is 6. The minimum Gasteiger partial charge on any atom is -0.378 e. The standard InChI is InChI=1S/C11H14F2N2O3/c1-3-18-7(2)6-14-11-9(12)4-8(15(16)17)5-10(11)13/h4-5,7,14H,3,6H2,1-2H3. The lowest BCUT2D eigenvalue weighted by Gasteiger charge is -2.14. The van der Waals surface area contributed by atoms with Gasteiger partial charge in [0.25, 0.3) is 5.69 Å². The van der Waals surface area contributed by atoms with E-state index in [4.69, 9.17) is 4.74 Å². The molecular weight excluding hydrogens is 246 g/mol. The van der Waals surface area contributed by atoms with Crippen LogP contribution in [0, 0.1) is 21.7 Å². The monoisotopic (exact) mass is 260 g/mol. The highest BCUT2D eigenvalue weighted by atomic mass is 19.1. The first kappa shape index (κ1) is 14.3. The highest BCUT2D eigenvalue weighted by molar-refractivity contribution is 5.51. The van der Waals surface area contributed by atoms with Gasteiger partial charge in [0.05, 0.1) is 23.2 Å². The third-order valence-corrected chi connectivity index (χ3v) is 2.26. The van der Waals surface area contributed by atoms with Crippen molar-refractivity contribution < 1.29 is 18.4 Å². The van der Waals surface area contributed by atoms with E-state index in [9.17, 15) is 18.9 Å². The van der Waals surface area contributed by atoms with Crippen LogP contribution in [-0.2, 0) is 4.74 Å². The maximum Gasteiger partial charge on any atom is 0.275 e. The predicted molar refractivity (Wildman–Crippen MR) is 62.6 cm³/mol. The van der Waals surface area contributed by atoms with E-state index in [0.717, 1.165) is 0 Å². The van der Waals surface area contributed by atoms with Crippen molar-refractivity contribution in [2.24, 2.45) is 0 Å². The van der Waals surface area contributed by atoms with E-state index in [1.165, 1.54) is 0 Å². The Labute approximate surface area is 103 Å². The van der Waals surface area contributed by atoms with Crippen LogP contribution in [0.25, 0.3) is 0 Å². The molecule has 0 fully saturated rings. The molecule has 5 nitrogen and oxygen atoms in total. The Morgan fingerprint density at radius 3 is 2.44 bits per heavy atom. The molecule has 1 aromatic carbocycles. The molecule has 1 rings (SSSR count). The zero-order chi connectivity index (χ0) is 13.7. The fourth-order valence-electron chi connectivity index (χ4n) is 1.42. The summed E-state index contributed by atoms with van der Waals surface area (Å²) >= 11 is 0. The van der Waals surface area contributed by atoms with Gasteiger partial charge in [-0.15, -0.1) is 0 Å². The Balaban J connectivity index is 2.81. The Bertz CT molecular complexity index is 417. The average molecular weight is 260 g/mol. The molecule has 18 heavy (non-hydrogen) atoms. The molecule has 7 heteroatoms. The molecule has 0 heterocycles. The van der Waals surface area contributed by atoms with Crippen molar-refractivity contribution in [2.75, 3.05) is 18.5 Å². The van der Waals surface area contributed by atoms with Crippen LogP contribution >= 0.6 is 0 Å². The number of nitrogens with zero attached hydrogens (tertiary/aromatic N) is 1. The van der Waals surface area contributed by atoms with E-state index in [2.05, 4.69) is 5.32 Å². The van der Waals surface area contributed by atoms with Gasteiger partial charge in [0.1, 0.15) is 5.69 Å². The summed E-state index contributed by atoms with van der Waals surface area (Å²) in [6, 6.07) is 1.35. The maximum absolute atomic E-state index is 13.5. The first-order valence-electron chi connectivity index (χ1n) is 5.44. The quantitative estimate of drug-likeness (QED) is 0.631. The number of anilines is 1. The van der Waals surface area contributed by atoms with Crippen molar-refractivity contribution in [1.29, 1.82) is 0 Å². The van der Waals surface area contributed by atoms with Crippen molar-refractivity contribution in [3.05, 3.63) is 33.9 Å². The molecule has 0 aliphatic carbocycles. The largest absolute Gasteiger partial charge is 0.378 e. The number of nitro groups is 1. The van der Waals surface area contributed by atoms with Crippen LogP contribution in [0.5, 0.6) is 0 Å². The summed E-state index contributed by atoms with van der Waals surface area (Å²) in [5.74, 6) is -1.99. The van der Waals surface area contributed by atoms with Crippen LogP contribution in [0.2, 0.25) is 0 Å². The van der Waals surface area contributed by atoms with Gasteiger partial charge in [0.2, 0.25) is 0 Å². The van der Waals surface area contributed by atoms with Crippen LogP contribution in [0.1, 0.15) is 13.8 Å². The minimum absolute atomic E-state index is 0.208. The highest BCUT2D eigenvalue weighted by Crippen LogP contribution is 2.24. The number of nitrogens with one attached hydrogen (secondary N) is 1. The molecular formula is C11H14F2N2O3. The Hall–Kier alpha value is -1.76. The zero-order valence-electron chi connectivity index (χ0n) is 10.1. The number of nitro benzene ring substituents is 1. The molecule has 0 amide bonds. The fraction of sp³-hybridized carbons (Fsp3) is 0.455. The van der Waals surface area contributed by atoms with Gasteiger partial charge in [-0.3, -0.25) is 10.1 Å². The van der Waals surface area contributed by atoms with Crippen molar-refractivity contribution in [3.63, 3.8) is 0 Å². The topological polar surface area (TPSA) is 64.4 Å². The van der Waals surface area contributed by atoms with Crippen molar-refractivity contribution in [3.8, 4) is 0 Å². The smallest absolute Gasteiger partial charge is 0.275 e.